The van der Waals surface area contributed by atoms with E-state index in [9.17, 15) is 13.9 Å². The number of hydrogen-bond donors (Lipinski definition) is 4. The van der Waals surface area contributed by atoms with Crippen LogP contribution in [-0.2, 0) is 4.74 Å². The highest BCUT2D eigenvalue weighted by Crippen LogP contribution is 2.54. The lowest BCUT2D eigenvalue weighted by atomic mass is 10.2. The predicted molar refractivity (Wildman–Crippen MR) is 128 cm³/mol. The van der Waals surface area contributed by atoms with Gasteiger partial charge in [-0.15, -0.1) is 0 Å². The molecule has 4 rings (SSSR count). The number of anilines is 1. The van der Waals surface area contributed by atoms with Gasteiger partial charge in [0.2, 0.25) is 0 Å². The first-order valence-corrected chi connectivity index (χ1v) is 12.4. The number of nitrogens with one attached hydrogen (secondary N) is 2. The van der Waals surface area contributed by atoms with Crippen molar-refractivity contribution in [3.8, 4) is 23.0 Å². The fraction of sp³-hybridized carbons (Fsp3) is 0.304. The van der Waals surface area contributed by atoms with Gasteiger partial charge in [0, 0.05) is 42.8 Å². The van der Waals surface area contributed by atoms with Crippen LogP contribution in [0.5, 0.6) is 23.0 Å². The molecule has 1 aromatic heterocycles. The van der Waals surface area contributed by atoms with Crippen LogP contribution in [0.25, 0.3) is 0 Å². The van der Waals surface area contributed by atoms with Crippen molar-refractivity contribution in [2.45, 2.75) is 24.3 Å². The lowest BCUT2D eigenvalue weighted by Crippen LogP contribution is -2.18. The van der Waals surface area contributed by atoms with Crippen molar-refractivity contribution < 1.29 is 32.8 Å². The topological polar surface area (TPSA) is 135 Å². The fourth-order valence-electron chi connectivity index (χ4n) is 3.47. The standard InChI is InChI=1S/C23H27N3O7S/c1-15(14-30-2)32-18-10-16(23(27)25-22-6-7-24-26-22)11-19(12-18)33-17-4-5-21-20(13-17)31-8-3-9-34(21,28)29/h4-7,10-13,15,28-29H,3,8-9,14H2,1-2H3,(H2,24,25,26,27)/t15-/m0/s1. The van der Waals surface area contributed by atoms with Gasteiger partial charge in [0.1, 0.15) is 34.0 Å². The highest BCUT2D eigenvalue weighted by Gasteiger charge is 2.24. The first kappa shape index (κ1) is 23.9. The molecule has 3 aromatic rings. The third-order valence-electron chi connectivity index (χ3n) is 4.96. The quantitative estimate of drug-likeness (QED) is 0.356. The molecule has 0 saturated carbocycles. The van der Waals surface area contributed by atoms with Crippen molar-refractivity contribution in [1.82, 2.24) is 10.2 Å². The first-order chi connectivity index (χ1) is 16.3. The summed E-state index contributed by atoms with van der Waals surface area (Å²) in [7, 11) is -1.33. The third-order valence-corrected chi connectivity index (χ3v) is 6.86. The SMILES string of the molecule is COC[C@H](C)Oc1cc(Oc2ccc3c(c2)OCCCS3(O)O)cc(C(=O)Nc2cc[nH]n2)c1. The number of aromatic nitrogens is 2. The van der Waals surface area contributed by atoms with Crippen molar-refractivity contribution in [1.29, 1.82) is 0 Å². The minimum absolute atomic E-state index is 0.256. The monoisotopic (exact) mass is 489 g/mol. The molecule has 182 valence electrons. The Morgan fingerprint density at radius 1 is 1.21 bits per heavy atom. The molecular weight excluding hydrogens is 462 g/mol. The molecule has 0 unspecified atom stereocenters. The maximum Gasteiger partial charge on any atom is 0.257 e. The largest absolute Gasteiger partial charge is 0.491 e. The lowest BCUT2D eigenvalue weighted by molar-refractivity contribution is 0.0915. The zero-order valence-corrected chi connectivity index (χ0v) is 19.6. The van der Waals surface area contributed by atoms with Crippen LogP contribution in [0.2, 0.25) is 0 Å². The second-order valence-corrected chi connectivity index (χ2v) is 9.96. The molecule has 11 heteroatoms. The second kappa shape index (κ2) is 10.3. The summed E-state index contributed by atoms with van der Waals surface area (Å²) in [6.45, 7) is 2.60. The first-order valence-electron chi connectivity index (χ1n) is 10.7. The number of carbonyl (C=O) groups excluding carboxylic acids is 1. The van der Waals surface area contributed by atoms with E-state index < -0.39 is 10.6 Å². The van der Waals surface area contributed by atoms with Crippen LogP contribution >= 0.6 is 10.6 Å². The molecule has 2 heterocycles. The van der Waals surface area contributed by atoms with E-state index in [1.807, 2.05) is 6.92 Å². The molecule has 1 atom stereocenters. The summed E-state index contributed by atoms with van der Waals surface area (Å²) in [5, 5.41) is 9.28. The number of hydrogen-bond acceptors (Lipinski definition) is 8. The van der Waals surface area contributed by atoms with E-state index in [1.54, 1.807) is 55.8 Å². The maximum atomic E-state index is 12.8. The number of fused-ring (bicyclic) bond motifs is 1. The minimum Gasteiger partial charge on any atom is -0.491 e. The smallest absolute Gasteiger partial charge is 0.257 e. The van der Waals surface area contributed by atoms with Crippen LogP contribution in [0.1, 0.15) is 23.7 Å². The number of carbonyl (C=O) groups is 1. The van der Waals surface area contributed by atoms with E-state index >= 15 is 0 Å². The van der Waals surface area contributed by atoms with Crippen molar-refractivity contribution in [2.24, 2.45) is 0 Å². The summed E-state index contributed by atoms with van der Waals surface area (Å²) < 4.78 is 43.5. The van der Waals surface area contributed by atoms with Crippen LogP contribution in [0, 0.1) is 0 Å². The minimum atomic E-state index is -2.91. The summed E-state index contributed by atoms with van der Waals surface area (Å²) in [5.41, 5.74) is 0.306. The Bertz CT molecular complexity index is 1140. The average molecular weight is 490 g/mol. The van der Waals surface area contributed by atoms with Gasteiger partial charge >= 0.3 is 0 Å². The van der Waals surface area contributed by atoms with Crippen molar-refractivity contribution >= 4 is 22.3 Å². The van der Waals surface area contributed by atoms with Crippen LogP contribution in [0.15, 0.2) is 53.6 Å². The number of methoxy groups -OCH3 is 1. The molecular formula is C23H27N3O7S. The molecule has 1 aliphatic rings. The Labute approximate surface area is 198 Å². The highest BCUT2D eigenvalue weighted by molar-refractivity contribution is 8.24. The number of ether oxygens (including phenoxy) is 4. The number of H-pyrrole nitrogens is 1. The van der Waals surface area contributed by atoms with E-state index in [-0.39, 0.29) is 17.8 Å². The fourth-order valence-corrected chi connectivity index (χ4v) is 4.94. The van der Waals surface area contributed by atoms with Gasteiger partial charge in [-0.1, -0.05) is 0 Å². The zero-order valence-electron chi connectivity index (χ0n) is 18.8. The van der Waals surface area contributed by atoms with Crippen molar-refractivity contribution in [3.63, 3.8) is 0 Å². The molecule has 2 aromatic carbocycles. The van der Waals surface area contributed by atoms with Gasteiger partial charge < -0.3 is 24.3 Å². The summed E-state index contributed by atoms with van der Waals surface area (Å²) in [6.07, 6.45) is 1.89. The molecule has 1 amide bonds. The number of aromatic amines is 1. The molecule has 0 spiro atoms. The van der Waals surface area contributed by atoms with E-state index in [4.69, 9.17) is 18.9 Å². The molecule has 1 aliphatic heterocycles. The van der Waals surface area contributed by atoms with Crippen LogP contribution in [0.4, 0.5) is 5.82 Å². The Hall–Kier alpha value is -3.25. The molecule has 4 N–H and O–H groups in total. The summed E-state index contributed by atoms with van der Waals surface area (Å²) in [6, 6.07) is 11.3. The predicted octanol–water partition coefficient (Wildman–Crippen LogP) is 4.76. The second-order valence-electron chi connectivity index (χ2n) is 7.77. The van der Waals surface area contributed by atoms with Gasteiger partial charge in [0.25, 0.3) is 5.91 Å². The van der Waals surface area contributed by atoms with Crippen molar-refractivity contribution in [2.75, 3.05) is 31.4 Å². The van der Waals surface area contributed by atoms with Crippen molar-refractivity contribution in [3.05, 3.63) is 54.2 Å². The molecule has 0 bridgehead atoms. The Morgan fingerprint density at radius 3 is 2.79 bits per heavy atom. The molecule has 34 heavy (non-hydrogen) atoms. The average Bonchev–Trinajstić information content (AvgIpc) is 3.24. The molecule has 0 fully saturated rings. The lowest BCUT2D eigenvalue weighted by Gasteiger charge is -2.31. The van der Waals surface area contributed by atoms with Gasteiger partial charge in [-0.25, -0.2) is 0 Å². The summed E-state index contributed by atoms with van der Waals surface area (Å²) >= 11 is 0. The molecule has 0 radical (unpaired) electrons. The number of amides is 1. The third kappa shape index (κ3) is 5.81. The zero-order chi connectivity index (χ0) is 24.1. The van der Waals surface area contributed by atoms with Crippen LogP contribution < -0.4 is 19.5 Å². The number of nitrogens with zero attached hydrogens (tertiary/aromatic N) is 1. The van der Waals surface area contributed by atoms with Crippen LogP contribution in [0.3, 0.4) is 0 Å². The molecule has 0 aliphatic carbocycles. The van der Waals surface area contributed by atoms with Gasteiger partial charge in [-0.05, 0) is 37.6 Å². The highest BCUT2D eigenvalue weighted by atomic mass is 32.3. The normalized spacial score (nSPS) is 16.4. The van der Waals surface area contributed by atoms with E-state index in [2.05, 4.69) is 15.5 Å². The van der Waals surface area contributed by atoms with E-state index in [0.29, 0.717) is 58.9 Å². The number of benzene rings is 2. The van der Waals surface area contributed by atoms with E-state index in [0.717, 1.165) is 0 Å². The van der Waals surface area contributed by atoms with Gasteiger partial charge in [-0.2, -0.15) is 15.7 Å². The van der Waals surface area contributed by atoms with Gasteiger partial charge in [0.05, 0.1) is 13.2 Å². The maximum absolute atomic E-state index is 12.8. The Kier molecular flexibility index (Phi) is 7.27. The Balaban J connectivity index is 1.62. The number of rotatable bonds is 8. The Morgan fingerprint density at radius 2 is 2.03 bits per heavy atom. The molecule has 0 saturated heterocycles. The summed E-state index contributed by atoms with van der Waals surface area (Å²) in [4.78, 5) is 13.2. The summed E-state index contributed by atoms with van der Waals surface area (Å²) in [5.74, 6) is 1.82. The van der Waals surface area contributed by atoms with Gasteiger partial charge in [0.15, 0.2) is 5.82 Å². The van der Waals surface area contributed by atoms with Crippen LogP contribution in [-0.4, -0.2) is 57.4 Å². The molecule has 10 nitrogen and oxygen atoms in total. The van der Waals surface area contributed by atoms with Gasteiger partial charge in [-0.3, -0.25) is 19.0 Å². The van der Waals surface area contributed by atoms with E-state index in [1.165, 1.54) is 0 Å².